The van der Waals surface area contributed by atoms with E-state index in [0.717, 1.165) is 33.0 Å². The van der Waals surface area contributed by atoms with Gasteiger partial charge in [-0.05, 0) is 60.2 Å². The summed E-state index contributed by atoms with van der Waals surface area (Å²) in [6.07, 6.45) is 1.02. The molecule has 1 atom stereocenters. The molecule has 0 heterocycles. The van der Waals surface area contributed by atoms with Crippen molar-refractivity contribution in [2.24, 2.45) is 0 Å². The summed E-state index contributed by atoms with van der Waals surface area (Å²) in [5, 5.41) is 2.98. The van der Waals surface area contributed by atoms with Gasteiger partial charge in [-0.15, -0.1) is 0 Å². The highest BCUT2D eigenvalue weighted by molar-refractivity contribution is 7.92. The molecule has 0 fully saturated rings. The van der Waals surface area contributed by atoms with Gasteiger partial charge < -0.3 is 10.2 Å². The third kappa shape index (κ3) is 8.82. The first-order valence-electron chi connectivity index (χ1n) is 15.4. The van der Waals surface area contributed by atoms with Gasteiger partial charge in [0.15, 0.2) is 0 Å². The molecule has 0 radical (unpaired) electrons. The molecule has 0 saturated carbocycles. The van der Waals surface area contributed by atoms with Crippen LogP contribution < -0.4 is 9.62 Å². The van der Waals surface area contributed by atoms with E-state index in [0.29, 0.717) is 12.2 Å². The second kappa shape index (κ2) is 15.5. The zero-order chi connectivity index (χ0) is 32.4. The fourth-order valence-corrected chi connectivity index (χ4v) is 6.52. The maximum absolute atomic E-state index is 14.5. The van der Waals surface area contributed by atoms with Crippen molar-refractivity contribution >= 4 is 27.5 Å². The summed E-state index contributed by atoms with van der Waals surface area (Å²) >= 11 is 0. The average molecular weight is 626 g/mol. The molecule has 1 N–H and O–H groups in total. The molecule has 4 aromatic carbocycles. The Morgan fingerprint density at radius 3 is 1.96 bits per heavy atom. The number of rotatable bonds is 14. The molecule has 0 saturated heterocycles. The van der Waals surface area contributed by atoms with Gasteiger partial charge >= 0.3 is 0 Å². The van der Waals surface area contributed by atoms with Crippen LogP contribution in [-0.4, -0.2) is 44.3 Å². The molecule has 2 amide bonds. The first-order chi connectivity index (χ1) is 21.6. The number of hydrogen-bond donors (Lipinski definition) is 1. The van der Waals surface area contributed by atoms with Crippen molar-refractivity contribution in [1.29, 1.82) is 0 Å². The topological polar surface area (TPSA) is 86.8 Å². The third-order valence-electron chi connectivity index (χ3n) is 7.75. The molecular weight excluding hydrogens is 582 g/mol. The first-order valence-corrected chi connectivity index (χ1v) is 16.9. The third-order valence-corrected chi connectivity index (χ3v) is 9.54. The number of hydrogen-bond acceptors (Lipinski definition) is 4. The van der Waals surface area contributed by atoms with E-state index < -0.39 is 28.5 Å². The Morgan fingerprint density at radius 1 is 0.778 bits per heavy atom. The van der Waals surface area contributed by atoms with Crippen LogP contribution in [0, 0.1) is 6.92 Å². The van der Waals surface area contributed by atoms with E-state index in [1.54, 1.807) is 30.3 Å². The summed E-state index contributed by atoms with van der Waals surface area (Å²) in [5.74, 6) is -0.499. The van der Waals surface area contributed by atoms with Crippen molar-refractivity contribution in [2.75, 3.05) is 17.4 Å². The Morgan fingerprint density at radius 2 is 1.38 bits per heavy atom. The van der Waals surface area contributed by atoms with Crippen LogP contribution in [0.3, 0.4) is 0 Å². The highest BCUT2D eigenvalue weighted by Crippen LogP contribution is 2.27. The molecule has 7 nitrogen and oxygen atoms in total. The number of aryl methyl sites for hydroxylation is 1. The van der Waals surface area contributed by atoms with Gasteiger partial charge in [-0.25, -0.2) is 8.42 Å². The first kappa shape index (κ1) is 33.5. The van der Waals surface area contributed by atoms with E-state index in [9.17, 15) is 18.0 Å². The van der Waals surface area contributed by atoms with Gasteiger partial charge in [-0.3, -0.25) is 13.9 Å². The van der Waals surface area contributed by atoms with Crippen molar-refractivity contribution in [3.8, 4) is 0 Å². The van der Waals surface area contributed by atoms with Gasteiger partial charge in [-0.1, -0.05) is 111 Å². The minimum absolute atomic E-state index is 0.0809. The largest absolute Gasteiger partial charge is 0.354 e. The Balaban J connectivity index is 1.79. The SMILES string of the molecule is CCCNC(=O)[C@H](Cc1ccccc1)N(Cc1ccc(C)cc1)C(=O)CN(c1ccc(C(C)C)cc1)S(=O)(=O)c1ccccc1. The van der Waals surface area contributed by atoms with Crippen LogP contribution in [0.4, 0.5) is 5.69 Å². The standard InChI is InChI=1S/C37H43N3O4S/c1-5-24-38-37(42)35(25-30-12-8-6-9-13-30)39(26-31-18-16-29(4)17-19-31)36(41)27-40(33-22-20-32(21-23-33)28(2)3)45(43,44)34-14-10-7-11-15-34/h6-23,28,35H,5,24-27H2,1-4H3,(H,38,42)/t35-/m0/s1. The molecule has 0 bridgehead atoms. The molecule has 0 spiro atoms. The predicted molar refractivity (Wildman–Crippen MR) is 180 cm³/mol. The fraction of sp³-hybridized carbons (Fsp3) is 0.297. The lowest BCUT2D eigenvalue weighted by atomic mass is 10.0. The normalized spacial score (nSPS) is 12.0. The maximum atomic E-state index is 14.5. The summed E-state index contributed by atoms with van der Waals surface area (Å²) in [4.78, 5) is 29.8. The van der Waals surface area contributed by atoms with Crippen molar-refractivity contribution in [1.82, 2.24) is 10.2 Å². The Hall–Kier alpha value is -4.43. The summed E-state index contributed by atoms with van der Waals surface area (Å²) in [6.45, 7) is 8.22. The molecule has 4 rings (SSSR count). The number of nitrogens with one attached hydrogen (secondary N) is 1. The summed E-state index contributed by atoms with van der Waals surface area (Å²) < 4.78 is 29.4. The molecule has 0 aliphatic rings. The second-order valence-electron chi connectivity index (χ2n) is 11.6. The summed E-state index contributed by atoms with van der Waals surface area (Å²) in [7, 11) is -4.13. The Bertz CT molecular complexity index is 1640. The summed E-state index contributed by atoms with van der Waals surface area (Å²) in [5.41, 5.74) is 4.24. The monoisotopic (exact) mass is 625 g/mol. The minimum atomic E-state index is -4.13. The summed E-state index contributed by atoms with van der Waals surface area (Å²) in [6, 6.07) is 31.9. The van der Waals surface area contributed by atoms with Crippen molar-refractivity contribution < 1.29 is 18.0 Å². The van der Waals surface area contributed by atoms with Gasteiger partial charge in [0.25, 0.3) is 10.0 Å². The fourth-order valence-electron chi connectivity index (χ4n) is 5.08. The molecule has 8 heteroatoms. The van der Waals surface area contributed by atoms with Gasteiger partial charge in [0.05, 0.1) is 10.6 Å². The lowest BCUT2D eigenvalue weighted by Gasteiger charge is -2.34. The maximum Gasteiger partial charge on any atom is 0.264 e. The highest BCUT2D eigenvalue weighted by Gasteiger charge is 2.34. The molecule has 4 aromatic rings. The Kier molecular flexibility index (Phi) is 11.5. The van der Waals surface area contributed by atoms with E-state index in [1.807, 2.05) is 80.6 Å². The minimum Gasteiger partial charge on any atom is -0.354 e. The predicted octanol–water partition coefficient (Wildman–Crippen LogP) is 6.48. The van der Waals surface area contributed by atoms with Crippen LogP contribution in [0.5, 0.6) is 0 Å². The van der Waals surface area contributed by atoms with Crippen molar-refractivity contribution in [3.63, 3.8) is 0 Å². The highest BCUT2D eigenvalue weighted by atomic mass is 32.2. The lowest BCUT2D eigenvalue weighted by Crippen LogP contribution is -2.53. The number of amides is 2. The molecular formula is C37H43N3O4S. The van der Waals surface area contributed by atoms with Gasteiger partial charge in [0.1, 0.15) is 12.6 Å². The van der Waals surface area contributed by atoms with Crippen LogP contribution in [0.2, 0.25) is 0 Å². The molecule has 0 aliphatic heterocycles. The van der Waals surface area contributed by atoms with E-state index in [-0.39, 0.29) is 29.7 Å². The van der Waals surface area contributed by atoms with Crippen LogP contribution >= 0.6 is 0 Å². The van der Waals surface area contributed by atoms with Gasteiger partial charge in [-0.2, -0.15) is 0 Å². The van der Waals surface area contributed by atoms with E-state index in [1.165, 1.54) is 17.0 Å². The number of sulfonamides is 1. The number of benzene rings is 4. The van der Waals surface area contributed by atoms with Crippen LogP contribution in [-0.2, 0) is 32.6 Å². The molecule has 45 heavy (non-hydrogen) atoms. The molecule has 0 unspecified atom stereocenters. The molecule has 0 aromatic heterocycles. The van der Waals surface area contributed by atoms with Gasteiger partial charge in [0.2, 0.25) is 11.8 Å². The van der Waals surface area contributed by atoms with Gasteiger partial charge in [0, 0.05) is 19.5 Å². The van der Waals surface area contributed by atoms with Crippen molar-refractivity contribution in [2.45, 2.75) is 63.9 Å². The smallest absolute Gasteiger partial charge is 0.264 e. The number of carbonyl (C=O) groups excluding carboxylic acids is 2. The zero-order valence-corrected chi connectivity index (χ0v) is 27.3. The Labute approximate surface area is 268 Å². The van der Waals surface area contributed by atoms with Crippen LogP contribution in [0.1, 0.15) is 55.4 Å². The van der Waals surface area contributed by atoms with E-state index in [2.05, 4.69) is 19.2 Å². The van der Waals surface area contributed by atoms with Crippen molar-refractivity contribution in [3.05, 3.63) is 131 Å². The van der Waals surface area contributed by atoms with E-state index >= 15 is 0 Å². The zero-order valence-electron chi connectivity index (χ0n) is 26.5. The quantitative estimate of drug-likeness (QED) is 0.174. The van der Waals surface area contributed by atoms with E-state index in [4.69, 9.17) is 0 Å². The molecule has 0 aliphatic carbocycles. The number of anilines is 1. The number of carbonyl (C=O) groups is 2. The second-order valence-corrected chi connectivity index (χ2v) is 13.4. The lowest BCUT2D eigenvalue weighted by molar-refractivity contribution is -0.140. The van der Waals surface area contributed by atoms with Crippen LogP contribution in [0.15, 0.2) is 114 Å². The van der Waals surface area contributed by atoms with Crippen LogP contribution in [0.25, 0.3) is 0 Å². The molecule has 236 valence electrons. The number of nitrogens with zero attached hydrogens (tertiary/aromatic N) is 2. The average Bonchev–Trinajstić information content (AvgIpc) is 3.05.